The monoisotopic (exact) mass is 420 g/mol. The van der Waals surface area contributed by atoms with E-state index in [0.717, 1.165) is 17.0 Å². The number of ether oxygens (including phenoxy) is 1. The van der Waals surface area contributed by atoms with E-state index in [1.165, 1.54) is 37.4 Å². The van der Waals surface area contributed by atoms with Gasteiger partial charge in [-0.25, -0.2) is 0 Å². The number of alkyl halides is 3. The van der Waals surface area contributed by atoms with Crippen LogP contribution in [-0.2, 0) is 26.9 Å². The molecule has 156 valence electrons. The maximum atomic E-state index is 12.7. The van der Waals surface area contributed by atoms with Crippen molar-refractivity contribution in [1.29, 1.82) is 0 Å². The minimum Gasteiger partial charge on any atom is -0.455 e. The van der Waals surface area contributed by atoms with Gasteiger partial charge in [0.05, 0.1) is 23.1 Å². The van der Waals surface area contributed by atoms with Crippen molar-refractivity contribution < 1.29 is 37.1 Å². The SMILES string of the molecule is CN1C(=O)c2ccc(NC(=O)COC(=O)Cc3cccc(C(F)(F)F)c3)cc2C1=O. The smallest absolute Gasteiger partial charge is 0.416 e. The molecule has 3 amide bonds. The van der Waals surface area contributed by atoms with Crippen LogP contribution in [0.5, 0.6) is 0 Å². The Morgan fingerprint density at radius 2 is 1.73 bits per heavy atom. The third kappa shape index (κ3) is 4.48. The van der Waals surface area contributed by atoms with Crippen molar-refractivity contribution in [3.8, 4) is 0 Å². The molecule has 0 saturated carbocycles. The van der Waals surface area contributed by atoms with Crippen LogP contribution in [0.1, 0.15) is 31.8 Å². The lowest BCUT2D eigenvalue weighted by molar-refractivity contribution is -0.146. The predicted octanol–water partition coefficient (Wildman–Crippen LogP) is 2.66. The van der Waals surface area contributed by atoms with Crippen molar-refractivity contribution in [2.45, 2.75) is 12.6 Å². The molecule has 0 spiro atoms. The molecule has 0 aliphatic carbocycles. The molecule has 0 aromatic heterocycles. The number of fused-ring (bicyclic) bond motifs is 1. The predicted molar refractivity (Wildman–Crippen MR) is 97.6 cm³/mol. The number of amides is 3. The van der Waals surface area contributed by atoms with Crippen molar-refractivity contribution in [3.63, 3.8) is 0 Å². The zero-order chi connectivity index (χ0) is 22.1. The maximum absolute atomic E-state index is 12.7. The molecule has 10 heteroatoms. The van der Waals surface area contributed by atoms with Crippen LogP contribution in [0, 0.1) is 0 Å². The fraction of sp³-hybridized carbons (Fsp3) is 0.200. The number of halogens is 3. The van der Waals surface area contributed by atoms with E-state index in [1.807, 2.05) is 0 Å². The van der Waals surface area contributed by atoms with Crippen molar-refractivity contribution in [2.75, 3.05) is 19.0 Å². The van der Waals surface area contributed by atoms with Crippen LogP contribution in [0.25, 0.3) is 0 Å². The first-order valence-corrected chi connectivity index (χ1v) is 8.64. The van der Waals surface area contributed by atoms with Gasteiger partial charge in [-0.15, -0.1) is 0 Å². The first-order valence-electron chi connectivity index (χ1n) is 8.64. The third-order valence-electron chi connectivity index (χ3n) is 4.34. The van der Waals surface area contributed by atoms with E-state index in [-0.39, 0.29) is 22.4 Å². The second-order valence-corrected chi connectivity index (χ2v) is 6.51. The minimum absolute atomic E-state index is 0.0983. The Morgan fingerprint density at radius 3 is 2.43 bits per heavy atom. The Hall–Kier alpha value is -3.69. The third-order valence-corrected chi connectivity index (χ3v) is 4.34. The molecule has 0 fully saturated rings. The number of imide groups is 1. The van der Waals surface area contributed by atoms with E-state index in [2.05, 4.69) is 5.32 Å². The molecule has 0 bridgehead atoms. The van der Waals surface area contributed by atoms with Crippen LogP contribution >= 0.6 is 0 Å². The molecule has 3 rings (SSSR count). The van der Waals surface area contributed by atoms with E-state index >= 15 is 0 Å². The Morgan fingerprint density at radius 1 is 1.03 bits per heavy atom. The summed E-state index contributed by atoms with van der Waals surface area (Å²) >= 11 is 0. The first kappa shape index (κ1) is 21.0. The average molecular weight is 420 g/mol. The fourth-order valence-corrected chi connectivity index (χ4v) is 2.86. The topological polar surface area (TPSA) is 92.8 Å². The molecule has 1 aliphatic heterocycles. The lowest BCUT2D eigenvalue weighted by Crippen LogP contribution is -2.24. The normalized spacial score (nSPS) is 13.3. The molecule has 7 nitrogen and oxygen atoms in total. The van der Waals surface area contributed by atoms with Crippen LogP contribution in [-0.4, -0.2) is 42.2 Å². The van der Waals surface area contributed by atoms with Crippen molar-refractivity contribution >= 4 is 29.4 Å². The first-order chi connectivity index (χ1) is 14.1. The summed E-state index contributed by atoms with van der Waals surface area (Å²) in [5.41, 5.74) is -0.207. The standard InChI is InChI=1S/C20H15F3N2O5/c1-25-18(28)14-6-5-13(9-15(14)19(25)29)24-16(26)10-30-17(27)8-11-3-2-4-12(7-11)20(21,22)23/h2-7,9H,8,10H2,1H3,(H,24,26). The Kier molecular flexibility index (Phi) is 5.59. The van der Waals surface area contributed by atoms with E-state index in [1.54, 1.807) is 0 Å². The van der Waals surface area contributed by atoms with Gasteiger partial charge in [0.25, 0.3) is 17.7 Å². The number of anilines is 1. The summed E-state index contributed by atoms with van der Waals surface area (Å²) in [5, 5.41) is 2.42. The second-order valence-electron chi connectivity index (χ2n) is 6.51. The molecular formula is C20H15F3N2O5. The molecule has 0 unspecified atom stereocenters. The van der Waals surface area contributed by atoms with Gasteiger partial charge in [0.15, 0.2) is 6.61 Å². The van der Waals surface area contributed by atoms with Crippen LogP contribution in [0.15, 0.2) is 42.5 Å². The van der Waals surface area contributed by atoms with Crippen LogP contribution in [0.4, 0.5) is 18.9 Å². The summed E-state index contributed by atoms with van der Waals surface area (Å²) in [6, 6.07) is 8.39. The molecule has 1 heterocycles. The number of hydrogen-bond acceptors (Lipinski definition) is 5. The lowest BCUT2D eigenvalue weighted by Gasteiger charge is -2.09. The number of rotatable bonds is 5. The number of hydrogen-bond donors (Lipinski definition) is 1. The van der Waals surface area contributed by atoms with Gasteiger partial charge >= 0.3 is 12.1 Å². The van der Waals surface area contributed by atoms with Crippen LogP contribution < -0.4 is 5.32 Å². The van der Waals surface area contributed by atoms with Crippen molar-refractivity contribution in [1.82, 2.24) is 4.90 Å². The van der Waals surface area contributed by atoms with Gasteiger partial charge < -0.3 is 10.1 Å². The highest BCUT2D eigenvalue weighted by atomic mass is 19.4. The highest BCUT2D eigenvalue weighted by Crippen LogP contribution is 2.29. The Bertz CT molecular complexity index is 1050. The summed E-state index contributed by atoms with van der Waals surface area (Å²) < 4.78 is 42.9. The number of carbonyl (C=O) groups excluding carboxylic acids is 4. The van der Waals surface area contributed by atoms with Crippen LogP contribution in [0.2, 0.25) is 0 Å². The molecule has 1 N–H and O–H groups in total. The quantitative estimate of drug-likeness (QED) is 0.593. The van der Waals surface area contributed by atoms with E-state index in [0.29, 0.717) is 0 Å². The Balaban J connectivity index is 1.55. The average Bonchev–Trinajstić information content (AvgIpc) is 2.90. The highest BCUT2D eigenvalue weighted by molar-refractivity contribution is 6.21. The molecule has 2 aromatic rings. The summed E-state index contributed by atoms with van der Waals surface area (Å²) in [6.07, 6.45) is -4.96. The Labute approximate surface area is 168 Å². The molecule has 1 aliphatic rings. The zero-order valence-electron chi connectivity index (χ0n) is 15.6. The molecule has 2 aromatic carbocycles. The summed E-state index contributed by atoms with van der Waals surface area (Å²) in [6.45, 7) is -0.665. The van der Waals surface area contributed by atoms with Gasteiger partial charge in [0, 0.05) is 12.7 Å². The largest absolute Gasteiger partial charge is 0.455 e. The van der Waals surface area contributed by atoms with Gasteiger partial charge in [-0.05, 0) is 29.8 Å². The number of carbonyl (C=O) groups is 4. The molecule has 0 atom stereocenters. The summed E-state index contributed by atoms with van der Waals surface area (Å²) in [7, 11) is 1.34. The summed E-state index contributed by atoms with van der Waals surface area (Å²) in [5.74, 6) is -2.53. The van der Waals surface area contributed by atoms with E-state index in [4.69, 9.17) is 4.74 Å². The molecular weight excluding hydrogens is 405 g/mol. The summed E-state index contributed by atoms with van der Waals surface area (Å²) in [4.78, 5) is 48.6. The van der Waals surface area contributed by atoms with Crippen molar-refractivity contribution in [2.24, 2.45) is 0 Å². The van der Waals surface area contributed by atoms with Gasteiger partial charge in [-0.1, -0.05) is 18.2 Å². The van der Waals surface area contributed by atoms with Crippen molar-refractivity contribution in [3.05, 3.63) is 64.7 Å². The molecule has 0 radical (unpaired) electrons. The number of nitrogens with zero attached hydrogens (tertiary/aromatic N) is 1. The number of esters is 1. The molecule has 30 heavy (non-hydrogen) atoms. The molecule has 0 saturated heterocycles. The van der Waals surface area contributed by atoms with Gasteiger partial charge in [0.1, 0.15) is 0 Å². The van der Waals surface area contributed by atoms with E-state index < -0.39 is 48.5 Å². The van der Waals surface area contributed by atoms with Crippen LogP contribution in [0.3, 0.4) is 0 Å². The fourth-order valence-electron chi connectivity index (χ4n) is 2.86. The lowest BCUT2D eigenvalue weighted by atomic mass is 10.1. The minimum atomic E-state index is -4.53. The number of benzene rings is 2. The zero-order valence-corrected chi connectivity index (χ0v) is 15.6. The van der Waals surface area contributed by atoms with E-state index in [9.17, 15) is 32.3 Å². The van der Waals surface area contributed by atoms with Gasteiger partial charge in [0.2, 0.25) is 0 Å². The van der Waals surface area contributed by atoms with Gasteiger partial charge in [-0.2, -0.15) is 13.2 Å². The number of nitrogens with one attached hydrogen (secondary N) is 1. The van der Waals surface area contributed by atoms with Gasteiger partial charge in [-0.3, -0.25) is 24.1 Å². The maximum Gasteiger partial charge on any atom is 0.416 e. The second kappa shape index (κ2) is 7.97. The highest BCUT2D eigenvalue weighted by Gasteiger charge is 2.33.